The summed E-state index contributed by atoms with van der Waals surface area (Å²) in [5, 5.41) is 17.2. The number of likely N-dealkylation sites (tertiary alicyclic amines) is 1. The molecule has 1 aromatic rings. The average Bonchev–Trinajstić information content (AvgIpc) is 2.85. The lowest BCUT2D eigenvalue weighted by atomic mass is 10.2. The van der Waals surface area contributed by atoms with Crippen molar-refractivity contribution in [1.29, 1.82) is 0 Å². The Morgan fingerprint density at radius 2 is 2.41 bits per heavy atom. The predicted octanol–water partition coefficient (Wildman–Crippen LogP) is -0.514. The summed E-state index contributed by atoms with van der Waals surface area (Å²) in [5.41, 5.74) is 0. The van der Waals surface area contributed by atoms with Crippen molar-refractivity contribution in [3.8, 4) is 0 Å². The minimum Gasteiger partial charge on any atom is -0.468 e. The van der Waals surface area contributed by atoms with Crippen LogP contribution >= 0.6 is 0 Å². The number of rotatable bonds is 3. The fourth-order valence-electron chi connectivity index (χ4n) is 2.01. The maximum atomic E-state index is 11.5. The predicted molar refractivity (Wildman–Crippen MR) is 55.9 cm³/mol. The van der Waals surface area contributed by atoms with Crippen LogP contribution in [0.5, 0.6) is 0 Å². The zero-order valence-corrected chi connectivity index (χ0v) is 9.79. The summed E-state index contributed by atoms with van der Waals surface area (Å²) in [4.78, 5) is 13.3. The Balaban J connectivity index is 2.05. The Labute approximate surface area is 98.4 Å². The van der Waals surface area contributed by atoms with Crippen molar-refractivity contribution >= 4 is 5.97 Å². The molecule has 0 spiro atoms. The summed E-state index contributed by atoms with van der Waals surface area (Å²) in [5.74, 6) is 0.567. The molecular weight excluding hydrogens is 226 g/mol. The molecule has 1 saturated heterocycles. The first kappa shape index (κ1) is 12.0. The highest BCUT2D eigenvalue weighted by Crippen LogP contribution is 2.21. The highest BCUT2D eigenvalue weighted by Gasteiger charge is 2.37. The molecule has 0 saturated carbocycles. The summed E-state index contributed by atoms with van der Waals surface area (Å²) in [6.45, 7) is 2.45. The molecule has 94 valence electrons. The molecule has 7 nitrogen and oxygen atoms in total. The average molecular weight is 241 g/mol. The van der Waals surface area contributed by atoms with Gasteiger partial charge in [0.05, 0.1) is 19.8 Å². The van der Waals surface area contributed by atoms with Gasteiger partial charge in [0.15, 0.2) is 0 Å². The number of aliphatic hydroxyl groups excluding tert-OH is 1. The third-order valence-corrected chi connectivity index (χ3v) is 2.76. The number of ether oxygens (including phenoxy) is 1. The zero-order valence-electron chi connectivity index (χ0n) is 9.79. The molecule has 2 unspecified atom stereocenters. The number of aliphatic hydroxyl groups is 1. The monoisotopic (exact) mass is 241 g/mol. The van der Waals surface area contributed by atoms with Crippen molar-refractivity contribution in [2.75, 3.05) is 13.7 Å². The van der Waals surface area contributed by atoms with Crippen LogP contribution in [0.2, 0.25) is 0 Å². The third-order valence-electron chi connectivity index (χ3n) is 2.76. The number of esters is 1. The normalized spacial score (nSPS) is 25.1. The van der Waals surface area contributed by atoms with E-state index in [2.05, 4.69) is 10.2 Å². The molecule has 0 radical (unpaired) electrons. The van der Waals surface area contributed by atoms with Crippen LogP contribution in [0, 0.1) is 6.92 Å². The Kier molecular flexibility index (Phi) is 3.39. The molecule has 1 aromatic heterocycles. The number of aryl methyl sites for hydroxylation is 1. The standard InChI is InChI=1S/C10H15N3O4/c1-6-11-12-9(17-6)5-13-4-7(14)3-8(13)10(15)16-2/h7-8,14H,3-5H2,1-2H3. The van der Waals surface area contributed by atoms with Gasteiger partial charge in [-0.3, -0.25) is 9.69 Å². The number of hydrogen-bond donors (Lipinski definition) is 1. The first-order chi connectivity index (χ1) is 8.10. The molecule has 1 fully saturated rings. The molecule has 0 aliphatic carbocycles. The maximum Gasteiger partial charge on any atom is 0.323 e. The van der Waals surface area contributed by atoms with Gasteiger partial charge in [0, 0.05) is 19.9 Å². The first-order valence-corrected chi connectivity index (χ1v) is 5.39. The number of hydrogen-bond acceptors (Lipinski definition) is 7. The first-order valence-electron chi connectivity index (χ1n) is 5.39. The molecule has 2 heterocycles. The van der Waals surface area contributed by atoms with E-state index in [1.54, 1.807) is 11.8 Å². The van der Waals surface area contributed by atoms with E-state index in [9.17, 15) is 9.90 Å². The molecule has 2 atom stereocenters. The second-order valence-corrected chi connectivity index (χ2v) is 4.07. The fraction of sp³-hybridized carbons (Fsp3) is 0.700. The molecular formula is C10H15N3O4. The van der Waals surface area contributed by atoms with E-state index in [1.165, 1.54) is 7.11 Å². The number of aromatic nitrogens is 2. The summed E-state index contributed by atoms with van der Waals surface area (Å²) < 4.78 is 9.94. The summed E-state index contributed by atoms with van der Waals surface area (Å²) in [6, 6.07) is -0.442. The smallest absolute Gasteiger partial charge is 0.323 e. The SMILES string of the molecule is COC(=O)C1CC(O)CN1Cc1nnc(C)o1. The highest BCUT2D eigenvalue weighted by atomic mass is 16.5. The number of β-amino-alcohol motifs (C(OH)–C–C–N with tert-alkyl or cyclic N) is 1. The fourth-order valence-corrected chi connectivity index (χ4v) is 2.01. The summed E-state index contributed by atoms with van der Waals surface area (Å²) in [7, 11) is 1.34. The van der Waals surface area contributed by atoms with Crippen LogP contribution in [0.15, 0.2) is 4.42 Å². The van der Waals surface area contributed by atoms with Gasteiger partial charge < -0.3 is 14.3 Å². The number of nitrogens with zero attached hydrogens (tertiary/aromatic N) is 3. The van der Waals surface area contributed by atoms with E-state index in [0.29, 0.717) is 31.3 Å². The Morgan fingerprint density at radius 3 is 3.00 bits per heavy atom. The minimum absolute atomic E-state index is 0.345. The van der Waals surface area contributed by atoms with Gasteiger partial charge in [-0.25, -0.2) is 0 Å². The van der Waals surface area contributed by atoms with Crippen molar-refractivity contribution in [2.24, 2.45) is 0 Å². The van der Waals surface area contributed by atoms with Crippen LogP contribution in [0.1, 0.15) is 18.2 Å². The van der Waals surface area contributed by atoms with Crippen LogP contribution in [0.3, 0.4) is 0 Å². The Hall–Kier alpha value is -1.47. The molecule has 0 bridgehead atoms. The van der Waals surface area contributed by atoms with Crippen LogP contribution in [-0.4, -0.2) is 52.0 Å². The van der Waals surface area contributed by atoms with Gasteiger partial charge in [0.2, 0.25) is 11.8 Å². The number of methoxy groups -OCH3 is 1. The largest absolute Gasteiger partial charge is 0.468 e. The lowest BCUT2D eigenvalue weighted by molar-refractivity contribution is -0.146. The van der Waals surface area contributed by atoms with E-state index in [-0.39, 0.29) is 5.97 Å². The van der Waals surface area contributed by atoms with Gasteiger partial charge >= 0.3 is 5.97 Å². The topological polar surface area (TPSA) is 88.7 Å². The second kappa shape index (κ2) is 4.80. The van der Waals surface area contributed by atoms with Crippen LogP contribution < -0.4 is 0 Å². The van der Waals surface area contributed by atoms with Crippen molar-refractivity contribution in [2.45, 2.75) is 32.0 Å². The molecule has 2 rings (SSSR count). The third kappa shape index (κ3) is 2.62. The van der Waals surface area contributed by atoms with E-state index < -0.39 is 12.1 Å². The van der Waals surface area contributed by atoms with E-state index in [1.807, 2.05) is 0 Å². The van der Waals surface area contributed by atoms with Crippen LogP contribution in [0.25, 0.3) is 0 Å². The second-order valence-electron chi connectivity index (χ2n) is 4.07. The van der Waals surface area contributed by atoms with E-state index in [4.69, 9.17) is 9.15 Å². The zero-order chi connectivity index (χ0) is 12.4. The molecule has 1 aliphatic rings. The highest BCUT2D eigenvalue weighted by molar-refractivity contribution is 5.76. The number of carbonyl (C=O) groups is 1. The maximum absolute atomic E-state index is 11.5. The molecule has 0 amide bonds. The van der Waals surface area contributed by atoms with Crippen molar-refractivity contribution in [1.82, 2.24) is 15.1 Å². The lowest BCUT2D eigenvalue weighted by Gasteiger charge is -2.19. The minimum atomic E-state index is -0.525. The summed E-state index contributed by atoms with van der Waals surface area (Å²) in [6.07, 6.45) is -0.150. The van der Waals surface area contributed by atoms with Crippen molar-refractivity contribution in [3.63, 3.8) is 0 Å². The van der Waals surface area contributed by atoms with Gasteiger partial charge in [-0.05, 0) is 0 Å². The van der Waals surface area contributed by atoms with Gasteiger partial charge in [-0.2, -0.15) is 0 Å². The summed E-state index contributed by atoms with van der Waals surface area (Å²) >= 11 is 0. The Morgan fingerprint density at radius 1 is 1.65 bits per heavy atom. The van der Waals surface area contributed by atoms with E-state index >= 15 is 0 Å². The van der Waals surface area contributed by atoms with Crippen LogP contribution in [-0.2, 0) is 16.1 Å². The molecule has 7 heteroatoms. The van der Waals surface area contributed by atoms with E-state index in [0.717, 1.165) is 0 Å². The number of carbonyl (C=O) groups excluding carboxylic acids is 1. The van der Waals surface area contributed by atoms with Gasteiger partial charge in [0.25, 0.3) is 0 Å². The van der Waals surface area contributed by atoms with Gasteiger partial charge in [0.1, 0.15) is 6.04 Å². The van der Waals surface area contributed by atoms with Gasteiger partial charge in [-0.1, -0.05) is 0 Å². The molecule has 1 N–H and O–H groups in total. The molecule has 1 aliphatic heterocycles. The van der Waals surface area contributed by atoms with Crippen molar-refractivity contribution in [3.05, 3.63) is 11.8 Å². The molecule has 17 heavy (non-hydrogen) atoms. The van der Waals surface area contributed by atoms with Crippen LogP contribution in [0.4, 0.5) is 0 Å². The Bertz CT molecular complexity index is 406. The lowest BCUT2D eigenvalue weighted by Crippen LogP contribution is -2.36. The quantitative estimate of drug-likeness (QED) is 0.712. The molecule has 0 aromatic carbocycles. The van der Waals surface area contributed by atoms with Crippen molar-refractivity contribution < 1.29 is 19.1 Å². The van der Waals surface area contributed by atoms with Gasteiger partial charge in [-0.15, -0.1) is 10.2 Å².